The molecule has 0 bridgehead atoms. The third-order valence-electron chi connectivity index (χ3n) is 1.68. The Balaban J connectivity index is 0.000000262. The first-order valence-electron chi connectivity index (χ1n) is 4.68. The molecule has 0 radical (unpaired) electrons. The normalized spacial score (nSPS) is 8.67. The van der Waals surface area contributed by atoms with Crippen molar-refractivity contribution in [3.63, 3.8) is 0 Å². The van der Waals surface area contributed by atoms with Gasteiger partial charge in [0, 0.05) is 19.3 Å². The van der Waals surface area contributed by atoms with Gasteiger partial charge in [0.15, 0.2) is 0 Å². The molecule has 2 N–H and O–H groups in total. The molecule has 15 heavy (non-hydrogen) atoms. The third kappa shape index (κ3) is 6.31. The van der Waals surface area contributed by atoms with E-state index >= 15 is 0 Å². The predicted molar refractivity (Wildman–Crippen MR) is 56.8 cm³/mol. The van der Waals surface area contributed by atoms with Crippen molar-refractivity contribution in [3.05, 3.63) is 24.5 Å². The molecule has 5 heteroatoms. The van der Waals surface area contributed by atoms with E-state index in [1.807, 2.05) is 13.8 Å². The summed E-state index contributed by atoms with van der Waals surface area (Å²) in [7, 11) is 0. The summed E-state index contributed by atoms with van der Waals surface area (Å²) >= 11 is 0. The highest BCUT2D eigenvalue weighted by Crippen LogP contribution is 1.99. The first-order chi connectivity index (χ1) is 7.11. The van der Waals surface area contributed by atoms with Gasteiger partial charge < -0.3 is 15.1 Å². The number of aromatic hydroxyl groups is 1. The number of carbonyl (C=O) groups is 1. The Morgan fingerprint density at radius 2 is 2.07 bits per heavy atom. The number of amides is 1. The molecule has 0 unspecified atom stereocenters. The molecule has 1 rings (SSSR count). The molecule has 0 aliphatic heterocycles. The molecule has 5 nitrogen and oxygen atoms in total. The van der Waals surface area contributed by atoms with Crippen LogP contribution in [0.1, 0.15) is 13.8 Å². The van der Waals surface area contributed by atoms with Crippen LogP contribution in [-0.4, -0.2) is 39.3 Å². The second kappa shape index (κ2) is 7.61. The summed E-state index contributed by atoms with van der Waals surface area (Å²) in [6, 6.07) is 3.25. The quantitative estimate of drug-likeness (QED) is 0.783. The fourth-order valence-corrected chi connectivity index (χ4v) is 0.848. The van der Waals surface area contributed by atoms with Gasteiger partial charge in [0.1, 0.15) is 5.75 Å². The van der Waals surface area contributed by atoms with E-state index in [1.54, 1.807) is 18.3 Å². The van der Waals surface area contributed by atoms with Gasteiger partial charge in [-0.2, -0.15) is 0 Å². The lowest BCUT2D eigenvalue weighted by atomic mass is 10.5. The monoisotopic (exact) mass is 212 g/mol. The first-order valence-corrected chi connectivity index (χ1v) is 4.68. The molecule has 1 heterocycles. The summed E-state index contributed by atoms with van der Waals surface area (Å²) in [5, 5.41) is 16.9. The minimum Gasteiger partial charge on any atom is -0.506 e. The van der Waals surface area contributed by atoms with Crippen molar-refractivity contribution in [2.75, 3.05) is 13.1 Å². The maximum Gasteiger partial charge on any atom is 0.407 e. The molecule has 0 atom stereocenters. The molecule has 0 fully saturated rings. The third-order valence-corrected chi connectivity index (χ3v) is 1.68. The van der Waals surface area contributed by atoms with Gasteiger partial charge in [0.25, 0.3) is 0 Å². The zero-order valence-corrected chi connectivity index (χ0v) is 8.92. The Kier molecular flexibility index (Phi) is 6.70. The van der Waals surface area contributed by atoms with Crippen molar-refractivity contribution < 1.29 is 15.0 Å². The lowest BCUT2D eigenvalue weighted by Crippen LogP contribution is -2.28. The Labute approximate surface area is 89.0 Å². The molecule has 84 valence electrons. The number of hydrogen-bond acceptors (Lipinski definition) is 3. The van der Waals surface area contributed by atoms with Gasteiger partial charge in [-0.05, 0) is 26.0 Å². The smallest absolute Gasteiger partial charge is 0.407 e. The molecule has 1 aromatic rings. The Bertz CT molecular complexity index is 273. The number of carboxylic acid groups (broad SMARTS) is 1. The van der Waals surface area contributed by atoms with Crippen LogP contribution in [0.2, 0.25) is 0 Å². The number of hydrogen-bond donors (Lipinski definition) is 2. The van der Waals surface area contributed by atoms with Crippen LogP contribution in [0, 0.1) is 0 Å². The minimum atomic E-state index is -0.838. The molecule has 0 aromatic carbocycles. The van der Waals surface area contributed by atoms with E-state index in [-0.39, 0.29) is 5.75 Å². The van der Waals surface area contributed by atoms with Crippen LogP contribution in [0.15, 0.2) is 24.5 Å². The van der Waals surface area contributed by atoms with E-state index in [9.17, 15) is 4.79 Å². The zero-order valence-electron chi connectivity index (χ0n) is 8.92. The van der Waals surface area contributed by atoms with E-state index in [1.165, 1.54) is 11.1 Å². The van der Waals surface area contributed by atoms with Crippen LogP contribution in [0.5, 0.6) is 5.75 Å². The summed E-state index contributed by atoms with van der Waals surface area (Å²) in [6.07, 6.45) is 2.16. The van der Waals surface area contributed by atoms with E-state index in [0.29, 0.717) is 13.1 Å². The van der Waals surface area contributed by atoms with E-state index in [2.05, 4.69) is 4.98 Å². The molecule has 0 aliphatic carbocycles. The van der Waals surface area contributed by atoms with Gasteiger partial charge in [-0.1, -0.05) is 0 Å². The van der Waals surface area contributed by atoms with Crippen molar-refractivity contribution in [2.24, 2.45) is 0 Å². The second-order valence-electron chi connectivity index (χ2n) is 2.67. The summed E-state index contributed by atoms with van der Waals surface area (Å²) in [5.41, 5.74) is 0. The molecule has 0 saturated carbocycles. The van der Waals surface area contributed by atoms with Crippen LogP contribution in [0.25, 0.3) is 0 Å². The molecule has 1 aromatic heterocycles. The van der Waals surface area contributed by atoms with Gasteiger partial charge in [-0.15, -0.1) is 0 Å². The standard InChI is InChI=1S/C5H11NO2.C5H5NO/c1-3-6(4-2)5(7)8;7-5-2-1-3-6-4-5/h3-4H2,1-2H3,(H,7,8);1-4,7H. The number of nitrogens with zero attached hydrogens (tertiary/aromatic N) is 2. The average Bonchev–Trinajstić information content (AvgIpc) is 2.21. The van der Waals surface area contributed by atoms with Crippen molar-refractivity contribution in [3.8, 4) is 5.75 Å². The fourth-order valence-electron chi connectivity index (χ4n) is 0.848. The average molecular weight is 212 g/mol. The zero-order chi connectivity index (χ0) is 11.7. The summed E-state index contributed by atoms with van der Waals surface area (Å²) < 4.78 is 0. The summed E-state index contributed by atoms with van der Waals surface area (Å²) in [4.78, 5) is 15.1. The van der Waals surface area contributed by atoms with Crippen molar-refractivity contribution in [2.45, 2.75) is 13.8 Å². The van der Waals surface area contributed by atoms with Gasteiger partial charge in [0.2, 0.25) is 0 Å². The van der Waals surface area contributed by atoms with Crippen LogP contribution >= 0.6 is 0 Å². The van der Waals surface area contributed by atoms with Crippen LogP contribution in [0.3, 0.4) is 0 Å². The predicted octanol–water partition coefficient (Wildman–Crippen LogP) is 1.79. The Hall–Kier alpha value is -1.78. The molecule has 0 saturated heterocycles. The van der Waals surface area contributed by atoms with Gasteiger partial charge in [-0.3, -0.25) is 4.98 Å². The molecule has 0 aliphatic rings. The van der Waals surface area contributed by atoms with Crippen LogP contribution in [0.4, 0.5) is 4.79 Å². The largest absolute Gasteiger partial charge is 0.506 e. The molecule has 0 spiro atoms. The van der Waals surface area contributed by atoms with E-state index < -0.39 is 6.09 Å². The van der Waals surface area contributed by atoms with Crippen LogP contribution < -0.4 is 0 Å². The molecular formula is C10H16N2O3. The first kappa shape index (κ1) is 13.2. The fraction of sp³-hybridized carbons (Fsp3) is 0.400. The van der Waals surface area contributed by atoms with Crippen molar-refractivity contribution in [1.29, 1.82) is 0 Å². The van der Waals surface area contributed by atoms with E-state index in [4.69, 9.17) is 10.2 Å². The van der Waals surface area contributed by atoms with Gasteiger partial charge in [0.05, 0.1) is 6.20 Å². The topological polar surface area (TPSA) is 73.7 Å². The summed E-state index contributed by atoms with van der Waals surface area (Å²) in [6.45, 7) is 4.78. The second-order valence-corrected chi connectivity index (χ2v) is 2.67. The SMILES string of the molecule is CCN(CC)C(=O)O.Oc1cccnc1. The highest BCUT2D eigenvalue weighted by molar-refractivity contribution is 5.64. The maximum atomic E-state index is 10.1. The van der Waals surface area contributed by atoms with Gasteiger partial charge in [-0.25, -0.2) is 4.79 Å². The lowest BCUT2D eigenvalue weighted by molar-refractivity contribution is 0.150. The maximum absolute atomic E-state index is 10.1. The highest BCUT2D eigenvalue weighted by Gasteiger charge is 2.02. The minimum absolute atomic E-state index is 0.211. The number of pyridine rings is 1. The Morgan fingerprint density at radius 1 is 1.47 bits per heavy atom. The molecule has 1 amide bonds. The van der Waals surface area contributed by atoms with Crippen molar-refractivity contribution >= 4 is 6.09 Å². The number of aromatic nitrogens is 1. The van der Waals surface area contributed by atoms with Crippen molar-refractivity contribution in [1.82, 2.24) is 9.88 Å². The number of rotatable bonds is 2. The lowest BCUT2D eigenvalue weighted by Gasteiger charge is -2.12. The molecular weight excluding hydrogens is 196 g/mol. The van der Waals surface area contributed by atoms with E-state index in [0.717, 1.165) is 0 Å². The van der Waals surface area contributed by atoms with Crippen LogP contribution in [-0.2, 0) is 0 Å². The highest BCUT2D eigenvalue weighted by atomic mass is 16.4. The van der Waals surface area contributed by atoms with Gasteiger partial charge >= 0.3 is 6.09 Å². The summed E-state index contributed by atoms with van der Waals surface area (Å²) in [5.74, 6) is 0.211. The Morgan fingerprint density at radius 3 is 2.20 bits per heavy atom.